The van der Waals surface area contributed by atoms with Crippen molar-refractivity contribution in [3.63, 3.8) is 0 Å². The molecule has 2 atom stereocenters. The molecule has 1 aliphatic carbocycles. The summed E-state index contributed by atoms with van der Waals surface area (Å²) in [6.07, 6.45) is 5.26. The van der Waals surface area contributed by atoms with Gasteiger partial charge >= 0.3 is 0 Å². The number of aliphatic hydroxyl groups is 1. The van der Waals surface area contributed by atoms with Gasteiger partial charge in [-0.15, -0.1) is 0 Å². The zero-order chi connectivity index (χ0) is 13.3. The Morgan fingerprint density at radius 3 is 2.74 bits per heavy atom. The highest BCUT2D eigenvalue weighted by molar-refractivity contribution is 5.76. The van der Waals surface area contributed by atoms with Crippen molar-refractivity contribution in [3.05, 3.63) is 12.4 Å². The van der Waals surface area contributed by atoms with Gasteiger partial charge in [0.1, 0.15) is 0 Å². The molecule has 19 heavy (non-hydrogen) atoms. The summed E-state index contributed by atoms with van der Waals surface area (Å²) in [5.41, 5.74) is -0.119. The molecule has 7 nitrogen and oxygen atoms in total. The second kappa shape index (κ2) is 4.90. The molecule has 3 rings (SSSR count). The second-order valence-electron chi connectivity index (χ2n) is 5.51. The molecule has 0 bridgehead atoms. The maximum absolute atomic E-state index is 11.9. The van der Waals surface area contributed by atoms with Crippen LogP contribution in [0.3, 0.4) is 0 Å². The third-order valence-electron chi connectivity index (χ3n) is 4.04. The fourth-order valence-electron chi connectivity index (χ4n) is 2.55. The molecular weight excluding hydrogens is 246 g/mol. The maximum Gasteiger partial charge on any atom is 0.220 e. The van der Waals surface area contributed by atoms with Gasteiger partial charge in [0.25, 0.3) is 0 Å². The van der Waals surface area contributed by atoms with Crippen LogP contribution < -0.4 is 10.6 Å². The predicted molar refractivity (Wildman–Crippen MR) is 67.2 cm³/mol. The number of β-amino-alcohol motifs (C(OH)–C–C–N with tert-alkyl or cyclic N) is 1. The van der Waals surface area contributed by atoms with E-state index < -0.39 is 6.10 Å². The Balaban J connectivity index is 1.48. The fraction of sp³-hybridized carbons (Fsp3) is 0.750. The summed E-state index contributed by atoms with van der Waals surface area (Å²) in [7, 11) is 0. The number of aromatic nitrogens is 3. The Morgan fingerprint density at radius 2 is 2.16 bits per heavy atom. The van der Waals surface area contributed by atoms with Crippen LogP contribution in [0.25, 0.3) is 0 Å². The number of rotatable bonds is 5. The summed E-state index contributed by atoms with van der Waals surface area (Å²) in [6.45, 7) is 1.86. The van der Waals surface area contributed by atoms with E-state index >= 15 is 0 Å². The summed E-state index contributed by atoms with van der Waals surface area (Å²) >= 11 is 0. The molecule has 1 aliphatic heterocycles. The standard InChI is InChI=1S/C12H19N5O2/c18-10-7-13-6-9(10)5-11(19)14-8-12(1-2-12)17-15-3-4-16-17/h3-4,9-10,13,18H,1-2,5-8H2,(H,14,19)/t9-,10-/m1/s1. The number of amides is 1. The quantitative estimate of drug-likeness (QED) is 0.625. The van der Waals surface area contributed by atoms with Crippen LogP contribution in [0.2, 0.25) is 0 Å². The molecule has 2 fully saturated rings. The molecule has 1 amide bonds. The highest BCUT2D eigenvalue weighted by atomic mass is 16.3. The number of carbonyl (C=O) groups is 1. The zero-order valence-electron chi connectivity index (χ0n) is 10.7. The smallest absolute Gasteiger partial charge is 0.220 e. The van der Waals surface area contributed by atoms with E-state index in [2.05, 4.69) is 20.8 Å². The summed E-state index contributed by atoms with van der Waals surface area (Å²) in [4.78, 5) is 13.6. The van der Waals surface area contributed by atoms with Crippen molar-refractivity contribution in [2.75, 3.05) is 19.6 Å². The molecule has 2 heterocycles. The normalized spacial score (nSPS) is 28.3. The van der Waals surface area contributed by atoms with Crippen molar-refractivity contribution >= 4 is 5.91 Å². The molecule has 104 valence electrons. The van der Waals surface area contributed by atoms with Crippen LogP contribution in [0.4, 0.5) is 0 Å². The Bertz CT molecular complexity index is 443. The highest BCUT2D eigenvalue weighted by Gasteiger charge is 2.46. The molecule has 1 aromatic heterocycles. The largest absolute Gasteiger partial charge is 0.391 e. The first-order chi connectivity index (χ1) is 9.20. The molecule has 1 aromatic rings. The van der Waals surface area contributed by atoms with Gasteiger partial charge in [-0.3, -0.25) is 4.79 Å². The van der Waals surface area contributed by atoms with E-state index in [1.807, 2.05) is 0 Å². The Kier molecular flexibility index (Phi) is 3.24. The summed E-state index contributed by atoms with van der Waals surface area (Å²) in [5.74, 6) is 0.0177. The van der Waals surface area contributed by atoms with Gasteiger partial charge in [-0.1, -0.05) is 0 Å². The number of aliphatic hydroxyl groups excluding tert-OH is 1. The van der Waals surface area contributed by atoms with Crippen LogP contribution in [-0.2, 0) is 10.3 Å². The zero-order valence-corrected chi connectivity index (χ0v) is 10.7. The van der Waals surface area contributed by atoms with Crippen LogP contribution in [0.15, 0.2) is 12.4 Å². The first kappa shape index (κ1) is 12.6. The lowest BCUT2D eigenvalue weighted by atomic mass is 10.0. The lowest BCUT2D eigenvalue weighted by molar-refractivity contribution is -0.122. The summed E-state index contributed by atoms with van der Waals surface area (Å²) < 4.78 is 0. The topological polar surface area (TPSA) is 92.1 Å². The minimum Gasteiger partial charge on any atom is -0.391 e. The number of nitrogens with one attached hydrogen (secondary N) is 2. The van der Waals surface area contributed by atoms with Crippen LogP contribution >= 0.6 is 0 Å². The van der Waals surface area contributed by atoms with Crippen molar-refractivity contribution in [2.24, 2.45) is 5.92 Å². The number of hydrogen-bond acceptors (Lipinski definition) is 5. The van der Waals surface area contributed by atoms with Gasteiger partial charge < -0.3 is 15.7 Å². The lowest BCUT2D eigenvalue weighted by Crippen LogP contribution is -2.38. The summed E-state index contributed by atoms with van der Waals surface area (Å²) in [5, 5.41) is 24.0. The molecule has 0 aromatic carbocycles. The van der Waals surface area contributed by atoms with Crippen molar-refractivity contribution < 1.29 is 9.90 Å². The van der Waals surface area contributed by atoms with Gasteiger partial charge in [-0.05, 0) is 12.8 Å². The van der Waals surface area contributed by atoms with E-state index in [1.54, 1.807) is 17.2 Å². The van der Waals surface area contributed by atoms with E-state index in [1.165, 1.54) is 0 Å². The molecule has 0 spiro atoms. The average molecular weight is 265 g/mol. The average Bonchev–Trinajstić information content (AvgIpc) is 2.81. The SMILES string of the molecule is O=C(C[C@@H]1CNC[C@H]1O)NCC1(n2nccn2)CC1. The predicted octanol–water partition coefficient (Wildman–Crippen LogP) is -1.15. The lowest BCUT2D eigenvalue weighted by Gasteiger charge is -2.17. The van der Waals surface area contributed by atoms with Gasteiger partial charge in [0.15, 0.2) is 0 Å². The number of nitrogens with zero attached hydrogens (tertiary/aromatic N) is 3. The van der Waals surface area contributed by atoms with E-state index in [9.17, 15) is 9.90 Å². The number of carbonyl (C=O) groups excluding carboxylic acids is 1. The van der Waals surface area contributed by atoms with Crippen LogP contribution in [-0.4, -0.2) is 51.7 Å². The van der Waals surface area contributed by atoms with Gasteiger partial charge in [-0.25, -0.2) is 0 Å². The van der Waals surface area contributed by atoms with Gasteiger partial charge in [0.2, 0.25) is 5.91 Å². The first-order valence-corrected chi connectivity index (χ1v) is 6.72. The molecular formula is C12H19N5O2. The summed E-state index contributed by atoms with van der Waals surface area (Å²) in [6, 6.07) is 0. The second-order valence-corrected chi connectivity index (χ2v) is 5.51. The highest BCUT2D eigenvalue weighted by Crippen LogP contribution is 2.41. The minimum absolute atomic E-state index is 0.00817. The van der Waals surface area contributed by atoms with Crippen LogP contribution in [0.1, 0.15) is 19.3 Å². The van der Waals surface area contributed by atoms with E-state index in [4.69, 9.17) is 0 Å². The molecule has 1 saturated heterocycles. The first-order valence-electron chi connectivity index (χ1n) is 6.72. The van der Waals surface area contributed by atoms with Crippen LogP contribution in [0.5, 0.6) is 0 Å². The molecule has 1 saturated carbocycles. The Hall–Kier alpha value is -1.47. The van der Waals surface area contributed by atoms with E-state index in [-0.39, 0.29) is 17.4 Å². The molecule has 7 heteroatoms. The third kappa shape index (κ3) is 2.62. The molecule has 3 N–H and O–H groups in total. The van der Waals surface area contributed by atoms with E-state index in [0.717, 1.165) is 12.8 Å². The monoisotopic (exact) mass is 265 g/mol. The van der Waals surface area contributed by atoms with Gasteiger partial charge in [0.05, 0.1) is 24.0 Å². The van der Waals surface area contributed by atoms with Crippen molar-refractivity contribution in [2.45, 2.75) is 30.9 Å². The molecule has 0 unspecified atom stereocenters. The Labute approximate surface area is 111 Å². The minimum atomic E-state index is -0.409. The maximum atomic E-state index is 11.9. The van der Waals surface area contributed by atoms with E-state index in [0.29, 0.717) is 26.1 Å². The van der Waals surface area contributed by atoms with Crippen molar-refractivity contribution in [1.82, 2.24) is 25.6 Å². The third-order valence-corrected chi connectivity index (χ3v) is 4.04. The van der Waals surface area contributed by atoms with Gasteiger partial charge in [-0.2, -0.15) is 15.0 Å². The fourth-order valence-corrected chi connectivity index (χ4v) is 2.55. The van der Waals surface area contributed by atoms with Gasteiger partial charge in [0, 0.05) is 32.0 Å². The molecule has 0 radical (unpaired) electrons. The van der Waals surface area contributed by atoms with Crippen LogP contribution in [0, 0.1) is 5.92 Å². The van der Waals surface area contributed by atoms with Crippen molar-refractivity contribution in [3.8, 4) is 0 Å². The Morgan fingerprint density at radius 1 is 1.42 bits per heavy atom. The number of hydrogen-bond donors (Lipinski definition) is 3. The van der Waals surface area contributed by atoms with Crippen molar-refractivity contribution in [1.29, 1.82) is 0 Å². The molecule has 2 aliphatic rings.